The molecule has 27 aromatic rings. The molecular formula is C129H77N7. The van der Waals surface area contributed by atoms with Gasteiger partial charge in [-0.2, -0.15) is 15.0 Å². The standard InChI is InChI=1S/C45H27N.C43H25N5.C41H25N/c1-2-7-29-20-32(13-12-28(29)6-1)33-14-15-35-22-36(17-16-34(35)21-33)37-23-38(27-46-26-37)39-18-19-42-44-25-31-9-4-3-8-30(31)24-43(44)41-11-5-10-40(39)45(41)42;1-2-13-27-26(12-1)32-18-11-19-33-35(25-24-34(27)40(32)33)41-44-42(47-36-20-7-3-14-28(36)29-15-4-8-21-37(29)47)46-43(45-41)48-38-22-9-5-16-30(38)31-17-6-10-23-39(31)48;1-2-7-27-20-28(13-12-26(27)6-1)29-14-15-31-22-32(17-16-30(31)21-29)33-23-34(25-42-24-33)35-18-19-40-37-9-4-3-8-36(37)39-11-5-10-38(35)41(39)40/h1-27H;1-25H;1-25H. The summed E-state index contributed by atoms with van der Waals surface area (Å²) in [6.45, 7) is 0. The minimum Gasteiger partial charge on any atom is -0.278 e. The molecule has 5 heterocycles. The predicted octanol–water partition coefficient (Wildman–Crippen LogP) is 34.1. The maximum atomic E-state index is 5.32. The summed E-state index contributed by atoms with van der Waals surface area (Å²) < 4.78 is 4.37. The van der Waals surface area contributed by atoms with Crippen LogP contribution in [0.25, 0.3) is 287 Å². The van der Waals surface area contributed by atoms with Crippen LogP contribution in [0.15, 0.2) is 468 Å². The van der Waals surface area contributed by atoms with Gasteiger partial charge in [-0.15, -0.1) is 0 Å². The monoisotopic (exact) mass is 1720 g/mol. The summed E-state index contributed by atoms with van der Waals surface area (Å²) in [7, 11) is 0. The Kier molecular flexibility index (Phi) is 17.3. The van der Waals surface area contributed by atoms with E-state index >= 15 is 0 Å². The topological polar surface area (TPSA) is 74.3 Å². The molecule has 628 valence electrons. The predicted molar refractivity (Wildman–Crippen MR) is 568 cm³/mol. The highest BCUT2D eigenvalue weighted by molar-refractivity contribution is 6.23. The van der Waals surface area contributed by atoms with Crippen molar-refractivity contribution in [3.63, 3.8) is 0 Å². The van der Waals surface area contributed by atoms with E-state index in [1.165, 1.54) is 192 Å². The molecule has 0 unspecified atom stereocenters. The van der Waals surface area contributed by atoms with Crippen LogP contribution in [-0.4, -0.2) is 34.1 Å². The Labute approximate surface area is 782 Å². The normalized spacial score (nSPS) is 12.0. The number of aromatic nitrogens is 7. The highest BCUT2D eigenvalue weighted by Gasteiger charge is 2.29. The van der Waals surface area contributed by atoms with E-state index in [-0.39, 0.29) is 0 Å². The van der Waals surface area contributed by atoms with E-state index in [9.17, 15) is 0 Å². The van der Waals surface area contributed by atoms with Gasteiger partial charge in [-0.1, -0.05) is 352 Å². The fourth-order valence-electron chi connectivity index (χ4n) is 22.2. The van der Waals surface area contributed by atoms with Gasteiger partial charge in [0.15, 0.2) is 5.82 Å². The zero-order chi connectivity index (χ0) is 89.2. The van der Waals surface area contributed by atoms with Crippen molar-refractivity contribution in [1.29, 1.82) is 0 Å². The fraction of sp³-hybridized carbons (Fsp3) is 0. The third-order valence-electron chi connectivity index (χ3n) is 28.6. The van der Waals surface area contributed by atoms with Crippen molar-refractivity contribution in [2.75, 3.05) is 0 Å². The first-order valence-electron chi connectivity index (χ1n) is 46.5. The van der Waals surface area contributed by atoms with Crippen LogP contribution < -0.4 is 0 Å². The highest BCUT2D eigenvalue weighted by Crippen LogP contribution is 2.54. The number of pyridine rings is 2. The number of nitrogens with zero attached hydrogens (tertiary/aromatic N) is 7. The molecule has 3 aliphatic carbocycles. The lowest BCUT2D eigenvalue weighted by Crippen LogP contribution is -2.10. The molecule has 0 atom stereocenters. The second kappa shape index (κ2) is 30.7. The van der Waals surface area contributed by atoms with Gasteiger partial charge in [-0.25, -0.2) is 0 Å². The molecule has 5 aromatic heterocycles. The van der Waals surface area contributed by atoms with Gasteiger partial charge in [0.2, 0.25) is 11.9 Å². The third kappa shape index (κ3) is 12.3. The lowest BCUT2D eigenvalue weighted by atomic mass is 9.93. The molecule has 7 heteroatoms. The molecule has 0 N–H and O–H groups in total. The zero-order valence-electron chi connectivity index (χ0n) is 73.6. The van der Waals surface area contributed by atoms with E-state index in [1.807, 2.05) is 24.8 Å². The summed E-state index contributed by atoms with van der Waals surface area (Å²) in [6, 6.07) is 160. The highest BCUT2D eigenvalue weighted by atomic mass is 15.3. The molecule has 30 rings (SSSR count). The quantitative estimate of drug-likeness (QED) is 0.144. The van der Waals surface area contributed by atoms with E-state index in [1.54, 1.807) is 0 Å². The molecule has 0 saturated heterocycles. The van der Waals surface area contributed by atoms with Gasteiger partial charge < -0.3 is 0 Å². The smallest absolute Gasteiger partial charge is 0.240 e. The van der Waals surface area contributed by atoms with Gasteiger partial charge in [-0.3, -0.25) is 19.1 Å². The average Bonchev–Trinajstić information content (AvgIpc) is 1.61. The van der Waals surface area contributed by atoms with Crippen molar-refractivity contribution in [2.24, 2.45) is 0 Å². The number of hydrogen-bond donors (Lipinski definition) is 0. The van der Waals surface area contributed by atoms with Crippen LogP contribution in [0.3, 0.4) is 0 Å². The zero-order valence-corrected chi connectivity index (χ0v) is 73.6. The van der Waals surface area contributed by atoms with Crippen LogP contribution in [-0.2, 0) is 0 Å². The van der Waals surface area contributed by atoms with Crippen molar-refractivity contribution in [3.8, 4) is 157 Å². The summed E-state index contributed by atoms with van der Waals surface area (Å²) in [5, 5.41) is 24.8. The van der Waals surface area contributed by atoms with Crippen molar-refractivity contribution < 1.29 is 0 Å². The van der Waals surface area contributed by atoms with E-state index < -0.39 is 0 Å². The molecule has 3 aliphatic rings. The summed E-state index contributed by atoms with van der Waals surface area (Å²) in [4.78, 5) is 25.4. The minimum absolute atomic E-state index is 0.584. The Balaban J connectivity index is 0.000000101. The SMILES string of the molecule is c1ccc2c(c1)-c1cccc3c(-c4cncc(-c5ccc6cc(-c7ccc8ccccc8c7)ccc6c5)c4)ccc-2c13.c1ccc2c(c1)-c1cccc3c(-c4nc(-n5c6ccccc6c6ccccc65)nc(-n5c6ccccc6c6ccccc65)n4)ccc-2c13.c1ccc2cc(-c3ccc4cc(-c5cncc(-c6ccc7c8c(cccc68)-c6cc8ccccc8cc6-7)c5)ccc4c3)ccc2c1. The minimum atomic E-state index is 0.584. The lowest BCUT2D eigenvalue weighted by Gasteiger charge is -2.14. The molecule has 0 spiro atoms. The third-order valence-corrected chi connectivity index (χ3v) is 28.6. The molecule has 0 radical (unpaired) electrons. The van der Waals surface area contributed by atoms with E-state index in [0.717, 1.165) is 76.8 Å². The molecule has 7 nitrogen and oxygen atoms in total. The largest absolute Gasteiger partial charge is 0.278 e. The van der Waals surface area contributed by atoms with E-state index in [2.05, 4.69) is 452 Å². The molecule has 0 fully saturated rings. The van der Waals surface area contributed by atoms with Gasteiger partial charge in [0, 0.05) is 74.1 Å². The second-order valence-electron chi connectivity index (χ2n) is 36.1. The molecule has 0 bridgehead atoms. The maximum Gasteiger partial charge on any atom is 0.240 e. The van der Waals surface area contributed by atoms with Gasteiger partial charge >= 0.3 is 0 Å². The van der Waals surface area contributed by atoms with E-state index in [4.69, 9.17) is 24.9 Å². The Morgan fingerprint density at radius 3 is 0.750 bits per heavy atom. The Morgan fingerprint density at radius 2 is 0.382 bits per heavy atom. The van der Waals surface area contributed by atoms with Crippen LogP contribution in [0.1, 0.15) is 0 Å². The first kappa shape index (κ1) is 76.7. The molecule has 22 aromatic carbocycles. The number of fused-ring (bicyclic) bond motifs is 20. The Bertz CT molecular complexity index is 9450. The number of rotatable bonds is 9. The first-order valence-corrected chi connectivity index (χ1v) is 46.5. The molecule has 0 saturated carbocycles. The van der Waals surface area contributed by atoms with Crippen LogP contribution in [0, 0.1) is 0 Å². The second-order valence-corrected chi connectivity index (χ2v) is 36.1. The van der Waals surface area contributed by atoms with E-state index in [0.29, 0.717) is 17.7 Å². The Morgan fingerprint density at radius 1 is 0.140 bits per heavy atom. The van der Waals surface area contributed by atoms with Gasteiger partial charge in [-0.05, 0) is 288 Å². The summed E-state index contributed by atoms with van der Waals surface area (Å²) >= 11 is 0. The lowest BCUT2D eigenvalue weighted by molar-refractivity contribution is 0.893. The maximum absolute atomic E-state index is 5.32. The van der Waals surface area contributed by atoms with Crippen LogP contribution in [0.2, 0.25) is 0 Å². The van der Waals surface area contributed by atoms with Gasteiger partial charge in [0.05, 0.1) is 22.1 Å². The molecule has 0 aliphatic heterocycles. The van der Waals surface area contributed by atoms with Crippen molar-refractivity contribution in [2.45, 2.75) is 0 Å². The summed E-state index contributed by atoms with van der Waals surface area (Å²) in [5.74, 6) is 1.81. The fourth-order valence-corrected chi connectivity index (χ4v) is 22.2. The molecule has 136 heavy (non-hydrogen) atoms. The van der Waals surface area contributed by atoms with Crippen LogP contribution in [0.4, 0.5) is 0 Å². The van der Waals surface area contributed by atoms with Crippen molar-refractivity contribution in [1.82, 2.24) is 34.1 Å². The molecular weight excluding hydrogens is 1650 g/mol. The van der Waals surface area contributed by atoms with Crippen molar-refractivity contribution >= 4 is 130 Å². The Hall–Kier alpha value is -18.2. The number of para-hydroxylation sites is 4. The summed E-state index contributed by atoms with van der Waals surface area (Å²) in [5.41, 5.74) is 35.0. The first-order chi connectivity index (χ1) is 67.4. The van der Waals surface area contributed by atoms with Gasteiger partial charge in [0.1, 0.15) is 0 Å². The van der Waals surface area contributed by atoms with Crippen molar-refractivity contribution in [3.05, 3.63) is 468 Å². The number of hydrogen-bond acceptors (Lipinski definition) is 5. The number of benzene rings is 22. The van der Waals surface area contributed by atoms with Crippen LogP contribution >= 0.6 is 0 Å². The molecule has 0 amide bonds. The van der Waals surface area contributed by atoms with Crippen LogP contribution in [0.5, 0.6) is 0 Å². The average molecular weight is 1730 g/mol. The summed E-state index contributed by atoms with van der Waals surface area (Å²) in [6.07, 6.45) is 7.95. The van der Waals surface area contributed by atoms with Gasteiger partial charge in [0.25, 0.3) is 0 Å².